The van der Waals surface area contributed by atoms with Gasteiger partial charge in [0.1, 0.15) is 11.5 Å². The van der Waals surface area contributed by atoms with Crippen LogP contribution < -0.4 is 14.8 Å². The maximum Gasteiger partial charge on any atom is 0.295 e. The van der Waals surface area contributed by atoms with Crippen molar-refractivity contribution in [3.8, 4) is 11.5 Å². The van der Waals surface area contributed by atoms with E-state index in [0.29, 0.717) is 37.7 Å². The van der Waals surface area contributed by atoms with Gasteiger partial charge < -0.3 is 19.7 Å². The van der Waals surface area contributed by atoms with Crippen LogP contribution in [-0.2, 0) is 4.79 Å². The lowest BCUT2D eigenvalue weighted by Gasteiger charge is -2.26. The van der Waals surface area contributed by atoms with Gasteiger partial charge in [0.25, 0.3) is 11.7 Å². The Bertz CT molecular complexity index is 510. The van der Waals surface area contributed by atoms with E-state index in [9.17, 15) is 9.59 Å². The van der Waals surface area contributed by atoms with E-state index in [1.54, 1.807) is 23.1 Å². The Morgan fingerprint density at radius 1 is 1.15 bits per heavy atom. The van der Waals surface area contributed by atoms with Crippen LogP contribution in [0.5, 0.6) is 11.5 Å². The number of methoxy groups -OCH3 is 2. The highest BCUT2D eigenvalue weighted by atomic mass is 16.5. The van der Waals surface area contributed by atoms with Gasteiger partial charge in [-0.15, -0.1) is 0 Å². The maximum atomic E-state index is 12.3. The average Bonchev–Trinajstić information content (AvgIpc) is 2.53. The van der Waals surface area contributed by atoms with Gasteiger partial charge in [-0.2, -0.15) is 0 Å². The highest BCUT2D eigenvalue weighted by molar-refractivity contribution is 6.43. The van der Waals surface area contributed by atoms with E-state index >= 15 is 0 Å². The molecule has 1 amide bonds. The Kier molecular flexibility index (Phi) is 4.57. The molecule has 6 nitrogen and oxygen atoms in total. The molecule has 20 heavy (non-hydrogen) atoms. The highest BCUT2D eigenvalue weighted by Crippen LogP contribution is 2.25. The van der Waals surface area contributed by atoms with Gasteiger partial charge in [0.05, 0.1) is 19.8 Å². The Hall–Kier alpha value is -2.08. The first-order valence-corrected chi connectivity index (χ1v) is 6.43. The van der Waals surface area contributed by atoms with Gasteiger partial charge in [0, 0.05) is 32.2 Å². The minimum Gasteiger partial charge on any atom is -0.497 e. The van der Waals surface area contributed by atoms with Crippen molar-refractivity contribution in [1.29, 1.82) is 0 Å². The summed E-state index contributed by atoms with van der Waals surface area (Å²) in [4.78, 5) is 26.0. The molecule has 0 unspecified atom stereocenters. The number of Topliss-reactive ketones (excluding diaryl/α,β-unsaturated/α-hetero) is 1. The van der Waals surface area contributed by atoms with E-state index in [0.717, 1.165) is 0 Å². The fraction of sp³-hybridized carbons (Fsp3) is 0.429. The summed E-state index contributed by atoms with van der Waals surface area (Å²) in [6.45, 7) is 2.50. The van der Waals surface area contributed by atoms with Crippen LogP contribution in [0.3, 0.4) is 0 Å². The van der Waals surface area contributed by atoms with Crippen LogP contribution >= 0.6 is 0 Å². The number of ketones is 1. The smallest absolute Gasteiger partial charge is 0.295 e. The van der Waals surface area contributed by atoms with Crippen molar-refractivity contribution in [1.82, 2.24) is 10.2 Å². The molecule has 0 bridgehead atoms. The molecule has 108 valence electrons. The van der Waals surface area contributed by atoms with Crippen LogP contribution in [0, 0.1) is 0 Å². The van der Waals surface area contributed by atoms with E-state index in [4.69, 9.17) is 9.47 Å². The standard InChI is InChI=1S/C14H18N2O4/c1-19-10-3-4-11(12(9-10)20-2)13(17)14(18)16-7-5-15-6-8-16/h3-4,9,15H,5-8H2,1-2H3. The SMILES string of the molecule is COc1ccc(C(=O)C(=O)N2CCNCC2)c(OC)c1. The zero-order chi connectivity index (χ0) is 14.5. The summed E-state index contributed by atoms with van der Waals surface area (Å²) >= 11 is 0. The molecule has 1 saturated heterocycles. The Labute approximate surface area is 117 Å². The Morgan fingerprint density at radius 2 is 1.85 bits per heavy atom. The number of amides is 1. The number of nitrogens with zero attached hydrogens (tertiary/aromatic N) is 1. The van der Waals surface area contributed by atoms with Gasteiger partial charge in [0.15, 0.2) is 0 Å². The summed E-state index contributed by atoms with van der Waals surface area (Å²) in [6, 6.07) is 4.79. The van der Waals surface area contributed by atoms with Crippen molar-refractivity contribution >= 4 is 11.7 Å². The van der Waals surface area contributed by atoms with Gasteiger partial charge in [-0.25, -0.2) is 0 Å². The zero-order valence-electron chi connectivity index (χ0n) is 11.6. The lowest BCUT2D eigenvalue weighted by Crippen LogP contribution is -2.48. The summed E-state index contributed by atoms with van der Waals surface area (Å²) in [5.74, 6) is -0.118. The number of hydrogen-bond acceptors (Lipinski definition) is 5. The molecule has 1 fully saturated rings. The fourth-order valence-corrected chi connectivity index (χ4v) is 2.11. The topological polar surface area (TPSA) is 67.9 Å². The number of carbonyl (C=O) groups is 2. The van der Waals surface area contributed by atoms with Crippen LogP contribution in [0.15, 0.2) is 18.2 Å². The van der Waals surface area contributed by atoms with Crippen molar-refractivity contribution in [2.45, 2.75) is 0 Å². The molecule has 0 radical (unpaired) electrons. The molecule has 1 aromatic rings. The summed E-state index contributed by atoms with van der Waals surface area (Å²) in [6.07, 6.45) is 0. The number of piperazine rings is 1. The number of nitrogens with one attached hydrogen (secondary N) is 1. The fourth-order valence-electron chi connectivity index (χ4n) is 2.11. The predicted molar refractivity (Wildman–Crippen MR) is 73.3 cm³/mol. The maximum absolute atomic E-state index is 12.3. The molecule has 0 spiro atoms. The summed E-state index contributed by atoms with van der Waals surface area (Å²) in [5, 5.41) is 3.14. The van der Waals surface area contributed by atoms with E-state index < -0.39 is 11.7 Å². The molecular weight excluding hydrogens is 260 g/mol. The van der Waals surface area contributed by atoms with Crippen LogP contribution in [0.1, 0.15) is 10.4 Å². The minimum absolute atomic E-state index is 0.261. The second kappa shape index (κ2) is 6.38. The number of ether oxygens (including phenoxy) is 2. The van der Waals surface area contributed by atoms with Crippen LogP contribution in [0.2, 0.25) is 0 Å². The molecule has 0 saturated carbocycles. The lowest BCUT2D eigenvalue weighted by molar-refractivity contribution is -0.127. The zero-order valence-corrected chi connectivity index (χ0v) is 11.6. The van der Waals surface area contributed by atoms with Crippen molar-refractivity contribution in [3.63, 3.8) is 0 Å². The number of carbonyl (C=O) groups excluding carboxylic acids is 2. The van der Waals surface area contributed by atoms with Crippen molar-refractivity contribution in [3.05, 3.63) is 23.8 Å². The summed E-state index contributed by atoms with van der Waals surface area (Å²) in [7, 11) is 2.99. The molecule has 1 heterocycles. The Balaban J connectivity index is 2.21. The van der Waals surface area contributed by atoms with E-state index in [1.807, 2.05) is 0 Å². The predicted octanol–water partition coefficient (Wildman–Crippen LogP) is 0.318. The van der Waals surface area contributed by atoms with E-state index in [2.05, 4.69) is 5.32 Å². The number of benzene rings is 1. The first-order chi connectivity index (χ1) is 9.67. The molecule has 1 aliphatic rings. The molecule has 0 atom stereocenters. The molecule has 1 N–H and O–H groups in total. The van der Waals surface area contributed by atoms with Crippen molar-refractivity contribution in [2.24, 2.45) is 0 Å². The van der Waals surface area contributed by atoms with Gasteiger partial charge in [-0.1, -0.05) is 0 Å². The van der Waals surface area contributed by atoms with E-state index in [1.165, 1.54) is 14.2 Å². The number of rotatable bonds is 4. The third-order valence-corrected chi connectivity index (χ3v) is 3.25. The van der Waals surface area contributed by atoms with Gasteiger partial charge >= 0.3 is 0 Å². The third kappa shape index (κ3) is 2.91. The molecule has 6 heteroatoms. The van der Waals surface area contributed by atoms with Crippen molar-refractivity contribution in [2.75, 3.05) is 40.4 Å². The van der Waals surface area contributed by atoms with Crippen LogP contribution in [0.25, 0.3) is 0 Å². The second-order valence-corrected chi connectivity index (χ2v) is 4.44. The average molecular weight is 278 g/mol. The van der Waals surface area contributed by atoms with Gasteiger partial charge in [-0.05, 0) is 12.1 Å². The summed E-state index contributed by atoms with van der Waals surface area (Å²) in [5.41, 5.74) is 0.261. The monoisotopic (exact) mass is 278 g/mol. The second-order valence-electron chi connectivity index (χ2n) is 4.44. The third-order valence-electron chi connectivity index (χ3n) is 3.25. The van der Waals surface area contributed by atoms with Crippen molar-refractivity contribution < 1.29 is 19.1 Å². The minimum atomic E-state index is -0.550. The van der Waals surface area contributed by atoms with E-state index in [-0.39, 0.29) is 5.56 Å². The normalized spacial score (nSPS) is 14.8. The molecule has 1 aromatic carbocycles. The lowest BCUT2D eigenvalue weighted by atomic mass is 10.1. The molecule has 0 aromatic heterocycles. The highest BCUT2D eigenvalue weighted by Gasteiger charge is 2.26. The molecule has 1 aliphatic heterocycles. The van der Waals surface area contributed by atoms with Gasteiger partial charge in [-0.3, -0.25) is 9.59 Å². The molecule has 0 aliphatic carbocycles. The Morgan fingerprint density at radius 3 is 2.45 bits per heavy atom. The van der Waals surface area contributed by atoms with Crippen LogP contribution in [0.4, 0.5) is 0 Å². The van der Waals surface area contributed by atoms with Crippen LogP contribution in [-0.4, -0.2) is 57.0 Å². The number of hydrogen-bond donors (Lipinski definition) is 1. The summed E-state index contributed by atoms with van der Waals surface area (Å²) < 4.78 is 10.2. The largest absolute Gasteiger partial charge is 0.497 e. The molecular formula is C14H18N2O4. The first-order valence-electron chi connectivity index (χ1n) is 6.43. The quantitative estimate of drug-likeness (QED) is 0.634. The van der Waals surface area contributed by atoms with Gasteiger partial charge in [0.2, 0.25) is 0 Å². The first kappa shape index (κ1) is 14.3. The molecule has 2 rings (SSSR count).